The maximum atomic E-state index is 13.2. The molecule has 2 amide bonds. The smallest absolute Gasteiger partial charge is 0.366 e. The summed E-state index contributed by atoms with van der Waals surface area (Å²) in [5.41, 5.74) is 0.365. The van der Waals surface area contributed by atoms with E-state index in [1.165, 1.54) is 18.5 Å². The van der Waals surface area contributed by atoms with Gasteiger partial charge in [0.2, 0.25) is 5.95 Å². The Morgan fingerprint density at radius 2 is 1.91 bits per heavy atom. The molecule has 0 saturated carbocycles. The Morgan fingerprint density at radius 1 is 1.09 bits per heavy atom. The van der Waals surface area contributed by atoms with Gasteiger partial charge in [-0.25, -0.2) is 19.7 Å². The molecule has 5 heterocycles. The number of alkyl halides is 3. The van der Waals surface area contributed by atoms with Crippen molar-refractivity contribution < 1.29 is 18.0 Å². The molecule has 5 rings (SSSR count). The highest BCUT2D eigenvalue weighted by atomic mass is 19.4. The van der Waals surface area contributed by atoms with Crippen LogP contribution in [0.4, 0.5) is 35.4 Å². The van der Waals surface area contributed by atoms with Crippen molar-refractivity contribution in [3.8, 4) is 11.3 Å². The summed E-state index contributed by atoms with van der Waals surface area (Å²) in [6, 6.07) is 6.98. The highest BCUT2D eigenvalue weighted by Gasteiger charge is 2.39. The van der Waals surface area contributed by atoms with Crippen molar-refractivity contribution in [1.29, 1.82) is 0 Å². The van der Waals surface area contributed by atoms with Gasteiger partial charge in [0.25, 0.3) is 0 Å². The van der Waals surface area contributed by atoms with Crippen LogP contribution in [-0.2, 0) is 6.18 Å². The van der Waals surface area contributed by atoms with Crippen LogP contribution in [-0.4, -0.2) is 45.1 Å². The number of nitrogens with zero attached hydrogens (tertiary/aromatic N) is 6. The first kappa shape index (κ1) is 20.2. The number of anilines is 3. The van der Waals surface area contributed by atoms with E-state index in [4.69, 9.17) is 0 Å². The largest absolute Gasteiger partial charge is 0.433 e. The van der Waals surface area contributed by atoms with Gasteiger partial charge in [0.05, 0.1) is 17.4 Å². The van der Waals surface area contributed by atoms with Gasteiger partial charge in [-0.3, -0.25) is 15.2 Å². The summed E-state index contributed by atoms with van der Waals surface area (Å²) < 4.78 is 39.4. The van der Waals surface area contributed by atoms with Crippen LogP contribution < -0.4 is 15.1 Å². The average molecular weight is 441 g/mol. The standard InChI is InChI=1S/C21H18F3N7O/c22-21(23,24)17-11-13(6-9-25-17)15-4-5-16-18(28-15)31(14-3-1-10-30(16)12-14)20(32)29-19-26-7-2-8-27-19/h2,4-9,11,14H,1,3,10,12H2,(H,26,27,29,32)/t14-/m0/s1. The molecule has 8 nitrogen and oxygen atoms in total. The van der Waals surface area contributed by atoms with Crippen LogP contribution in [0.3, 0.4) is 0 Å². The minimum atomic E-state index is -4.56. The van der Waals surface area contributed by atoms with E-state index in [2.05, 4.69) is 30.2 Å². The van der Waals surface area contributed by atoms with Crippen molar-refractivity contribution >= 4 is 23.5 Å². The number of carbonyl (C=O) groups excluding carboxylic acids is 1. The van der Waals surface area contributed by atoms with Gasteiger partial charge in [-0.15, -0.1) is 0 Å². The summed E-state index contributed by atoms with van der Waals surface area (Å²) >= 11 is 0. The Hall–Kier alpha value is -3.76. The van der Waals surface area contributed by atoms with E-state index in [1.54, 1.807) is 23.1 Å². The lowest BCUT2D eigenvalue weighted by Crippen LogP contribution is -2.56. The number of urea groups is 1. The number of rotatable bonds is 2. The second-order valence-electron chi connectivity index (χ2n) is 7.58. The summed E-state index contributed by atoms with van der Waals surface area (Å²) in [6.07, 6.45) is 1.29. The molecule has 0 spiro atoms. The molecule has 0 aromatic carbocycles. The molecule has 1 saturated heterocycles. The molecule has 1 fully saturated rings. The van der Waals surface area contributed by atoms with E-state index in [0.29, 0.717) is 18.1 Å². The zero-order valence-electron chi connectivity index (χ0n) is 16.8. The molecule has 1 N–H and O–H groups in total. The Labute approximate surface area is 181 Å². The monoisotopic (exact) mass is 441 g/mol. The van der Waals surface area contributed by atoms with Gasteiger partial charge in [0.1, 0.15) is 5.69 Å². The number of aromatic nitrogens is 4. The van der Waals surface area contributed by atoms with Crippen molar-refractivity contribution in [2.45, 2.75) is 25.1 Å². The molecule has 0 radical (unpaired) electrons. The number of hydrogen-bond acceptors (Lipinski definition) is 6. The van der Waals surface area contributed by atoms with Gasteiger partial charge in [0, 0.05) is 37.2 Å². The fourth-order valence-electron chi connectivity index (χ4n) is 4.11. The number of hydrogen-bond donors (Lipinski definition) is 1. The maximum Gasteiger partial charge on any atom is 0.433 e. The molecule has 0 aliphatic carbocycles. The van der Waals surface area contributed by atoms with Crippen LogP contribution in [0.5, 0.6) is 0 Å². The highest BCUT2D eigenvalue weighted by molar-refractivity contribution is 6.03. The number of amides is 2. The maximum absolute atomic E-state index is 13.2. The van der Waals surface area contributed by atoms with Crippen molar-refractivity contribution in [2.75, 3.05) is 28.2 Å². The molecule has 3 aromatic rings. The van der Waals surface area contributed by atoms with E-state index >= 15 is 0 Å². The van der Waals surface area contributed by atoms with Gasteiger partial charge in [-0.05, 0) is 43.2 Å². The number of fused-ring (bicyclic) bond motifs is 4. The number of carbonyl (C=O) groups is 1. The average Bonchev–Trinajstić information content (AvgIpc) is 2.79. The third-order valence-electron chi connectivity index (χ3n) is 5.53. The second-order valence-corrected chi connectivity index (χ2v) is 7.58. The Balaban J connectivity index is 1.55. The number of nitrogens with one attached hydrogen (secondary N) is 1. The van der Waals surface area contributed by atoms with Crippen molar-refractivity contribution in [3.05, 3.63) is 54.6 Å². The molecular weight excluding hydrogens is 423 g/mol. The fraction of sp³-hybridized carbons (Fsp3) is 0.286. The predicted octanol–water partition coefficient (Wildman–Crippen LogP) is 3.97. The third kappa shape index (κ3) is 3.70. The molecule has 11 heteroatoms. The zero-order valence-corrected chi connectivity index (χ0v) is 16.8. The summed E-state index contributed by atoms with van der Waals surface area (Å²) in [5, 5.41) is 2.69. The number of piperidine rings is 1. The zero-order chi connectivity index (χ0) is 22.3. The molecule has 3 aromatic heterocycles. The van der Waals surface area contributed by atoms with Gasteiger partial charge in [-0.2, -0.15) is 13.2 Å². The summed E-state index contributed by atoms with van der Waals surface area (Å²) in [7, 11) is 0. The van der Waals surface area contributed by atoms with E-state index in [9.17, 15) is 18.0 Å². The van der Waals surface area contributed by atoms with Crippen LogP contribution in [0.15, 0.2) is 48.9 Å². The van der Waals surface area contributed by atoms with E-state index in [1.807, 2.05) is 0 Å². The van der Waals surface area contributed by atoms with Crippen molar-refractivity contribution in [3.63, 3.8) is 0 Å². The van der Waals surface area contributed by atoms with Crippen LogP contribution in [0.2, 0.25) is 0 Å². The summed E-state index contributed by atoms with van der Waals surface area (Å²) in [4.78, 5) is 33.0. The quantitative estimate of drug-likeness (QED) is 0.648. The number of pyridine rings is 2. The highest BCUT2D eigenvalue weighted by Crippen LogP contribution is 2.40. The molecule has 0 unspecified atom stereocenters. The molecular formula is C21H18F3N7O. The van der Waals surface area contributed by atoms with Crippen LogP contribution >= 0.6 is 0 Å². The lowest BCUT2D eigenvalue weighted by Gasteiger charge is -2.45. The summed E-state index contributed by atoms with van der Waals surface area (Å²) in [6.45, 7) is 1.49. The normalized spacial score (nSPS) is 17.7. The minimum absolute atomic E-state index is 0.120. The molecule has 2 aliphatic heterocycles. The van der Waals surface area contributed by atoms with Gasteiger partial charge in [-0.1, -0.05) is 0 Å². The molecule has 32 heavy (non-hydrogen) atoms. The van der Waals surface area contributed by atoms with Crippen LogP contribution in [0, 0.1) is 0 Å². The topological polar surface area (TPSA) is 87.1 Å². The predicted molar refractivity (Wildman–Crippen MR) is 111 cm³/mol. The molecule has 1 atom stereocenters. The SMILES string of the molecule is O=C(Nc1ncccn1)N1c2nc(-c3ccnc(C(F)(F)F)c3)ccc2N2CCC[C@H]1C2. The first-order valence-corrected chi connectivity index (χ1v) is 10.1. The van der Waals surface area contributed by atoms with Crippen LogP contribution in [0.25, 0.3) is 11.3 Å². The third-order valence-corrected chi connectivity index (χ3v) is 5.53. The van der Waals surface area contributed by atoms with Gasteiger partial charge < -0.3 is 4.90 Å². The van der Waals surface area contributed by atoms with E-state index in [0.717, 1.165) is 37.3 Å². The van der Waals surface area contributed by atoms with Crippen molar-refractivity contribution in [2.24, 2.45) is 0 Å². The minimum Gasteiger partial charge on any atom is -0.366 e. The Kier molecular flexibility index (Phi) is 4.87. The number of halogens is 3. The first-order chi connectivity index (χ1) is 15.4. The molecule has 164 valence electrons. The first-order valence-electron chi connectivity index (χ1n) is 10.1. The van der Waals surface area contributed by atoms with Gasteiger partial charge in [0.15, 0.2) is 5.82 Å². The van der Waals surface area contributed by atoms with Gasteiger partial charge >= 0.3 is 12.2 Å². The fourth-order valence-corrected chi connectivity index (χ4v) is 4.11. The van der Waals surface area contributed by atoms with E-state index in [-0.39, 0.29) is 17.6 Å². The van der Waals surface area contributed by atoms with Crippen molar-refractivity contribution in [1.82, 2.24) is 19.9 Å². The van der Waals surface area contributed by atoms with Crippen LogP contribution in [0.1, 0.15) is 18.5 Å². The lowest BCUT2D eigenvalue weighted by molar-refractivity contribution is -0.141. The molecule has 2 bridgehead atoms. The lowest BCUT2D eigenvalue weighted by atomic mass is 9.99. The Morgan fingerprint density at radius 3 is 2.69 bits per heavy atom. The van der Waals surface area contributed by atoms with E-state index < -0.39 is 17.9 Å². The Bertz CT molecular complexity index is 1160. The second kappa shape index (κ2) is 7.74. The summed E-state index contributed by atoms with van der Waals surface area (Å²) in [5.74, 6) is 0.564. The molecule has 2 aliphatic rings.